The van der Waals surface area contributed by atoms with Crippen molar-refractivity contribution in [1.29, 1.82) is 0 Å². The maximum Gasteiger partial charge on any atom is 0.258 e. The van der Waals surface area contributed by atoms with Crippen LogP contribution in [-0.4, -0.2) is 25.2 Å². The van der Waals surface area contributed by atoms with E-state index in [1.807, 2.05) is 12.1 Å². The van der Waals surface area contributed by atoms with Crippen LogP contribution in [0.25, 0.3) is 22.8 Å². The summed E-state index contributed by atoms with van der Waals surface area (Å²) in [6, 6.07) is 8.14. The van der Waals surface area contributed by atoms with Gasteiger partial charge in [-0.1, -0.05) is 31.1 Å². The molecule has 0 spiro atoms. The van der Waals surface area contributed by atoms with E-state index in [0.717, 1.165) is 12.0 Å². The summed E-state index contributed by atoms with van der Waals surface area (Å²) in [5.74, 6) is 1.87. The van der Waals surface area contributed by atoms with Crippen molar-refractivity contribution in [3.8, 4) is 22.8 Å². The summed E-state index contributed by atoms with van der Waals surface area (Å²) in [5.41, 5.74) is 2.81. The van der Waals surface area contributed by atoms with Crippen LogP contribution in [0.4, 0.5) is 0 Å². The van der Waals surface area contributed by atoms with Crippen molar-refractivity contribution in [2.75, 3.05) is 0 Å². The molecule has 3 rings (SSSR count). The molecular formula is C17H18N4O2. The van der Waals surface area contributed by atoms with Gasteiger partial charge in [-0.05, 0) is 30.0 Å². The second kappa shape index (κ2) is 6.66. The minimum atomic E-state index is -0.194. The Labute approximate surface area is 134 Å². The molecule has 0 aliphatic carbocycles. The van der Waals surface area contributed by atoms with Crippen LogP contribution >= 0.6 is 0 Å². The van der Waals surface area contributed by atoms with E-state index in [4.69, 9.17) is 9.63 Å². The Kier molecular flexibility index (Phi) is 4.43. The van der Waals surface area contributed by atoms with Crippen molar-refractivity contribution >= 4 is 0 Å². The number of benzene rings is 1. The molecule has 0 atom stereocenters. The monoisotopic (exact) mass is 310 g/mol. The molecule has 0 amide bonds. The van der Waals surface area contributed by atoms with Gasteiger partial charge in [0.2, 0.25) is 5.82 Å². The third kappa shape index (κ3) is 3.60. The molecule has 1 N–H and O–H groups in total. The Morgan fingerprint density at radius 2 is 1.74 bits per heavy atom. The Bertz CT molecular complexity index is 764. The summed E-state index contributed by atoms with van der Waals surface area (Å²) in [4.78, 5) is 12.4. The van der Waals surface area contributed by atoms with Gasteiger partial charge >= 0.3 is 0 Å². The lowest BCUT2D eigenvalue weighted by molar-refractivity contribution is 0.271. The summed E-state index contributed by atoms with van der Waals surface area (Å²) < 4.78 is 5.32. The Hall–Kier alpha value is -2.60. The predicted octanol–water partition coefficient (Wildman–Crippen LogP) is 2.88. The van der Waals surface area contributed by atoms with Crippen molar-refractivity contribution in [1.82, 2.24) is 20.1 Å². The van der Waals surface area contributed by atoms with Gasteiger partial charge in [0.1, 0.15) is 6.61 Å². The molecule has 0 fully saturated rings. The molecule has 1 aromatic carbocycles. The van der Waals surface area contributed by atoms with E-state index in [1.54, 1.807) is 12.4 Å². The van der Waals surface area contributed by atoms with Crippen LogP contribution < -0.4 is 0 Å². The van der Waals surface area contributed by atoms with Crippen molar-refractivity contribution in [2.45, 2.75) is 26.9 Å². The molecule has 3 aromatic rings. The molecule has 2 aromatic heterocycles. The van der Waals surface area contributed by atoms with E-state index in [0.29, 0.717) is 29.0 Å². The van der Waals surface area contributed by atoms with E-state index in [-0.39, 0.29) is 6.61 Å². The first-order chi connectivity index (χ1) is 11.2. The van der Waals surface area contributed by atoms with Gasteiger partial charge in [-0.2, -0.15) is 4.98 Å². The summed E-state index contributed by atoms with van der Waals surface area (Å²) in [5, 5.41) is 12.9. The fraction of sp³-hybridized carbons (Fsp3) is 0.294. The Morgan fingerprint density at radius 1 is 1.04 bits per heavy atom. The molecule has 0 saturated carbocycles. The fourth-order valence-corrected chi connectivity index (χ4v) is 2.26. The number of rotatable bonds is 5. The Morgan fingerprint density at radius 3 is 2.35 bits per heavy atom. The second-order valence-corrected chi connectivity index (χ2v) is 5.76. The summed E-state index contributed by atoms with van der Waals surface area (Å²) >= 11 is 0. The van der Waals surface area contributed by atoms with Gasteiger partial charge in [0.15, 0.2) is 5.82 Å². The average molecular weight is 310 g/mol. The molecule has 0 aliphatic rings. The lowest BCUT2D eigenvalue weighted by Gasteiger charge is -2.04. The van der Waals surface area contributed by atoms with Gasteiger partial charge in [-0.15, -0.1) is 0 Å². The molecule has 0 bridgehead atoms. The number of aliphatic hydroxyl groups excluding tert-OH is 1. The minimum Gasteiger partial charge on any atom is -0.388 e. The molecule has 2 heterocycles. The molecule has 6 nitrogen and oxygen atoms in total. The largest absolute Gasteiger partial charge is 0.388 e. The number of aromatic nitrogens is 4. The first-order valence-corrected chi connectivity index (χ1v) is 7.51. The summed E-state index contributed by atoms with van der Waals surface area (Å²) in [6.45, 7) is 4.20. The minimum absolute atomic E-state index is 0.194. The average Bonchev–Trinajstić information content (AvgIpc) is 3.05. The number of nitrogens with zero attached hydrogens (tertiary/aromatic N) is 4. The van der Waals surface area contributed by atoms with E-state index >= 15 is 0 Å². The zero-order valence-electron chi connectivity index (χ0n) is 13.1. The highest BCUT2D eigenvalue weighted by molar-refractivity contribution is 5.58. The van der Waals surface area contributed by atoms with Gasteiger partial charge < -0.3 is 9.63 Å². The molecule has 6 heteroatoms. The zero-order chi connectivity index (χ0) is 16.2. The molecule has 118 valence electrons. The van der Waals surface area contributed by atoms with E-state index in [9.17, 15) is 0 Å². The van der Waals surface area contributed by atoms with Crippen LogP contribution in [0, 0.1) is 5.92 Å². The van der Waals surface area contributed by atoms with Gasteiger partial charge in [0, 0.05) is 18.0 Å². The van der Waals surface area contributed by atoms with Crippen LogP contribution in [0.3, 0.4) is 0 Å². The van der Waals surface area contributed by atoms with Gasteiger partial charge in [-0.25, -0.2) is 9.97 Å². The van der Waals surface area contributed by atoms with Crippen molar-refractivity contribution in [2.24, 2.45) is 5.92 Å². The third-order valence-corrected chi connectivity index (χ3v) is 3.38. The third-order valence-electron chi connectivity index (χ3n) is 3.38. The van der Waals surface area contributed by atoms with Crippen LogP contribution in [-0.2, 0) is 13.0 Å². The smallest absolute Gasteiger partial charge is 0.258 e. The summed E-state index contributed by atoms with van der Waals surface area (Å²) in [6.07, 6.45) is 4.18. The maximum atomic E-state index is 8.95. The molecule has 0 aliphatic heterocycles. The maximum absolute atomic E-state index is 8.95. The number of aliphatic hydroxyl groups is 1. The Balaban J connectivity index is 1.80. The first kappa shape index (κ1) is 15.3. The number of hydrogen-bond acceptors (Lipinski definition) is 6. The normalized spacial score (nSPS) is 11.1. The lowest BCUT2D eigenvalue weighted by atomic mass is 10.0. The zero-order valence-corrected chi connectivity index (χ0v) is 13.1. The van der Waals surface area contributed by atoms with Crippen molar-refractivity contribution in [3.63, 3.8) is 0 Å². The molecule has 0 unspecified atom stereocenters. The SMILES string of the molecule is CC(C)Cc1ccc(-c2nc(-c3cnc(CO)nc3)no2)cc1. The molecule has 23 heavy (non-hydrogen) atoms. The van der Waals surface area contributed by atoms with E-state index < -0.39 is 0 Å². The van der Waals surface area contributed by atoms with Gasteiger partial charge in [0.25, 0.3) is 5.89 Å². The quantitative estimate of drug-likeness (QED) is 0.780. The fourth-order valence-electron chi connectivity index (χ4n) is 2.26. The molecule has 0 radical (unpaired) electrons. The standard InChI is InChI=1S/C17H18N4O2/c1-11(2)7-12-3-5-13(6-4-12)17-20-16(21-23-17)14-8-18-15(10-22)19-9-14/h3-6,8-9,11,22H,7,10H2,1-2H3. The lowest BCUT2D eigenvalue weighted by Crippen LogP contribution is -1.94. The number of hydrogen-bond donors (Lipinski definition) is 1. The molecule has 0 saturated heterocycles. The second-order valence-electron chi connectivity index (χ2n) is 5.76. The first-order valence-electron chi connectivity index (χ1n) is 7.51. The topological polar surface area (TPSA) is 84.9 Å². The van der Waals surface area contributed by atoms with Crippen molar-refractivity contribution in [3.05, 3.63) is 48.0 Å². The van der Waals surface area contributed by atoms with Crippen molar-refractivity contribution < 1.29 is 9.63 Å². The van der Waals surface area contributed by atoms with Gasteiger partial charge in [0.05, 0.1) is 5.56 Å². The predicted molar refractivity (Wildman–Crippen MR) is 85.2 cm³/mol. The van der Waals surface area contributed by atoms with Crippen LogP contribution in [0.15, 0.2) is 41.2 Å². The van der Waals surface area contributed by atoms with Gasteiger partial charge in [-0.3, -0.25) is 0 Å². The van der Waals surface area contributed by atoms with E-state index in [1.165, 1.54) is 5.56 Å². The summed E-state index contributed by atoms with van der Waals surface area (Å²) in [7, 11) is 0. The van der Waals surface area contributed by atoms with Crippen LogP contribution in [0.1, 0.15) is 25.2 Å². The van der Waals surface area contributed by atoms with Crippen LogP contribution in [0.2, 0.25) is 0 Å². The highest BCUT2D eigenvalue weighted by Gasteiger charge is 2.11. The van der Waals surface area contributed by atoms with E-state index in [2.05, 4.69) is 46.1 Å². The highest BCUT2D eigenvalue weighted by Crippen LogP contribution is 2.22. The van der Waals surface area contributed by atoms with Crippen LogP contribution in [0.5, 0.6) is 0 Å². The molecular weight excluding hydrogens is 292 g/mol. The highest BCUT2D eigenvalue weighted by atomic mass is 16.5.